The number of para-hydroxylation sites is 2. The molecule has 0 radical (unpaired) electrons. The standard InChI is InChI=1S/C31H29N5/c1-2-35-29-16-10-9-15-27(29)33-31(35)32-22-23-17-19-26(20-18-23)36-30(25-13-7-4-8-14-25)21-28(34-36)24-11-5-3-6-12-24/h3-20,30H,2,21-22H2,1H3,(H,32,33). The molecule has 5 nitrogen and oxygen atoms in total. The molecule has 6 rings (SSSR count). The summed E-state index contributed by atoms with van der Waals surface area (Å²) in [7, 11) is 0. The van der Waals surface area contributed by atoms with Crippen LogP contribution in [0.1, 0.15) is 36.1 Å². The lowest BCUT2D eigenvalue weighted by Crippen LogP contribution is -2.18. The summed E-state index contributed by atoms with van der Waals surface area (Å²) < 4.78 is 2.22. The van der Waals surface area contributed by atoms with E-state index in [0.29, 0.717) is 6.54 Å². The lowest BCUT2D eigenvalue weighted by Gasteiger charge is -2.24. The molecule has 36 heavy (non-hydrogen) atoms. The first-order valence-corrected chi connectivity index (χ1v) is 12.6. The molecule has 0 saturated heterocycles. The zero-order valence-corrected chi connectivity index (χ0v) is 20.4. The molecule has 0 bridgehead atoms. The number of hydrogen-bond donors (Lipinski definition) is 1. The van der Waals surface area contributed by atoms with Gasteiger partial charge in [0.1, 0.15) is 0 Å². The maximum absolute atomic E-state index is 5.08. The zero-order chi connectivity index (χ0) is 24.3. The third-order valence-corrected chi connectivity index (χ3v) is 6.82. The van der Waals surface area contributed by atoms with Gasteiger partial charge in [-0.3, -0.25) is 5.01 Å². The molecule has 0 spiro atoms. The van der Waals surface area contributed by atoms with Gasteiger partial charge in [-0.15, -0.1) is 0 Å². The highest BCUT2D eigenvalue weighted by atomic mass is 15.5. The quantitative estimate of drug-likeness (QED) is 0.277. The topological polar surface area (TPSA) is 45.5 Å². The van der Waals surface area contributed by atoms with Crippen LogP contribution in [0.15, 0.2) is 114 Å². The molecule has 0 saturated carbocycles. The monoisotopic (exact) mass is 471 g/mol. The second-order valence-corrected chi connectivity index (χ2v) is 9.08. The number of anilines is 2. The summed E-state index contributed by atoms with van der Waals surface area (Å²) in [6.45, 7) is 3.74. The first kappa shape index (κ1) is 22.1. The summed E-state index contributed by atoms with van der Waals surface area (Å²) in [4.78, 5) is 4.79. The van der Waals surface area contributed by atoms with Gasteiger partial charge in [0.05, 0.1) is 28.5 Å². The van der Waals surface area contributed by atoms with Crippen LogP contribution >= 0.6 is 0 Å². The number of aromatic nitrogens is 2. The number of imidazole rings is 1. The molecule has 1 aliphatic heterocycles. The first-order chi connectivity index (χ1) is 17.8. The van der Waals surface area contributed by atoms with Crippen molar-refractivity contribution in [2.75, 3.05) is 10.3 Å². The van der Waals surface area contributed by atoms with Crippen molar-refractivity contribution in [2.45, 2.75) is 32.5 Å². The molecule has 0 amide bonds. The lowest BCUT2D eigenvalue weighted by molar-refractivity contribution is 0.709. The normalized spacial score (nSPS) is 15.3. The Morgan fingerprint density at radius 1 is 0.806 bits per heavy atom. The molecule has 1 unspecified atom stereocenters. The number of hydrazone groups is 1. The highest BCUT2D eigenvalue weighted by Gasteiger charge is 2.29. The van der Waals surface area contributed by atoms with Gasteiger partial charge in [-0.05, 0) is 47.9 Å². The summed E-state index contributed by atoms with van der Waals surface area (Å²) >= 11 is 0. The predicted octanol–water partition coefficient (Wildman–Crippen LogP) is 7.02. The van der Waals surface area contributed by atoms with E-state index >= 15 is 0 Å². The summed E-state index contributed by atoms with van der Waals surface area (Å²) in [6, 6.07) is 38.3. The Labute approximate surface area is 211 Å². The molecule has 1 aliphatic rings. The summed E-state index contributed by atoms with van der Waals surface area (Å²) in [6.07, 6.45) is 0.880. The third kappa shape index (κ3) is 4.24. The number of fused-ring (bicyclic) bond motifs is 1. The SMILES string of the molecule is CCn1c(NCc2ccc(N3N=C(c4ccccc4)CC3c3ccccc3)cc2)nc2ccccc21. The Bertz CT molecular complexity index is 1490. The number of benzene rings is 4. The van der Waals surface area contributed by atoms with Gasteiger partial charge in [0.25, 0.3) is 0 Å². The first-order valence-electron chi connectivity index (χ1n) is 12.6. The van der Waals surface area contributed by atoms with E-state index in [1.54, 1.807) is 0 Å². The van der Waals surface area contributed by atoms with Crippen molar-refractivity contribution < 1.29 is 0 Å². The molecule has 5 heteroatoms. The number of aryl methyl sites for hydroxylation is 1. The van der Waals surface area contributed by atoms with E-state index in [4.69, 9.17) is 10.1 Å². The lowest BCUT2D eigenvalue weighted by atomic mass is 9.98. The number of nitrogens with zero attached hydrogens (tertiary/aromatic N) is 4. The van der Waals surface area contributed by atoms with Crippen LogP contribution < -0.4 is 10.3 Å². The van der Waals surface area contributed by atoms with Crippen LogP contribution in [0.5, 0.6) is 0 Å². The van der Waals surface area contributed by atoms with Crippen molar-refractivity contribution in [3.05, 3.63) is 126 Å². The highest BCUT2D eigenvalue weighted by Crippen LogP contribution is 2.36. The second-order valence-electron chi connectivity index (χ2n) is 9.08. The largest absolute Gasteiger partial charge is 0.352 e. The molecular formula is C31H29N5. The van der Waals surface area contributed by atoms with Gasteiger partial charge in [0.2, 0.25) is 5.95 Å². The van der Waals surface area contributed by atoms with E-state index in [0.717, 1.165) is 41.3 Å². The summed E-state index contributed by atoms with van der Waals surface area (Å²) in [5.41, 5.74) is 8.05. The maximum atomic E-state index is 5.08. The Kier molecular flexibility index (Phi) is 5.96. The van der Waals surface area contributed by atoms with E-state index in [1.165, 1.54) is 16.7 Å². The minimum Gasteiger partial charge on any atom is -0.352 e. The Hall–Kier alpha value is -4.38. The molecule has 4 aromatic carbocycles. The van der Waals surface area contributed by atoms with Crippen molar-refractivity contribution in [2.24, 2.45) is 5.10 Å². The number of rotatable bonds is 7. The molecule has 1 aromatic heterocycles. The van der Waals surface area contributed by atoms with E-state index in [1.807, 2.05) is 12.1 Å². The van der Waals surface area contributed by atoms with Crippen LogP contribution in [-0.2, 0) is 13.1 Å². The van der Waals surface area contributed by atoms with E-state index in [-0.39, 0.29) is 6.04 Å². The molecule has 1 N–H and O–H groups in total. The molecule has 0 fully saturated rings. The zero-order valence-electron chi connectivity index (χ0n) is 20.4. The molecule has 0 aliphatic carbocycles. The minimum absolute atomic E-state index is 0.176. The van der Waals surface area contributed by atoms with Gasteiger partial charge in [0.15, 0.2) is 0 Å². The van der Waals surface area contributed by atoms with E-state index in [2.05, 4.69) is 119 Å². The van der Waals surface area contributed by atoms with Gasteiger partial charge >= 0.3 is 0 Å². The van der Waals surface area contributed by atoms with Crippen LogP contribution in [0.25, 0.3) is 11.0 Å². The molecule has 1 atom stereocenters. The molecule has 178 valence electrons. The van der Waals surface area contributed by atoms with E-state index in [9.17, 15) is 0 Å². The molecule has 5 aromatic rings. The van der Waals surface area contributed by atoms with Crippen molar-refractivity contribution >= 4 is 28.4 Å². The smallest absolute Gasteiger partial charge is 0.204 e. The molecular weight excluding hydrogens is 442 g/mol. The van der Waals surface area contributed by atoms with Gasteiger partial charge in [0, 0.05) is 19.5 Å². The number of hydrogen-bond acceptors (Lipinski definition) is 4. The maximum Gasteiger partial charge on any atom is 0.204 e. The summed E-state index contributed by atoms with van der Waals surface area (Å²) in [5, 5.41) is 10.8. The van der Waals surface area contributed by atoms with Gasteiger partial charge in [-0.2, -0.15) is 5.10 Å². The van der Waals surface area contributed by atoms with Crippen molar-refractivity contribution in [1.29, 1.82) is 0 Å². The fourth-order valence-corrected chi connectivity index (χ4v) is 4.97. The fourth-order valence-electron chi connectivity index (χ4n) is 4.97. The van der Waals surface area contributed by atoms with Crippen molar-refractivity contribution in [3.63, 3.8) is 0 Å². The third-order valence-electron chi connectivity index (χ3n) is 6.82. The van der Waals surface area contributed by atoms with E-state index < -0.39 is 0 Å². The van der Waals surface area contributed by atoms with Crippen LogP contribution in [0.4, 0.5) is 11.6 Å². The average molecular weight is 472 g/mol. The fraction of sp³-hybridized carbons (Fsp3) is 0.161. The van der Waals surface area contributed by atoms with Gasteiger partial charge in [-0.25, -0.2) is 4.98 Å². The molecule has 2 heterocycles. The highest BCUT2D eigenvalue weighted by molar-refractivity contribution is 6.03. The minimum atomic E-state index is 0.176. The second kappa shape index (κ2) is 9.70. The Balaban J connectivity index is 1.24. The Morgan fingerprint density at radius 3 is 2.25 bits per heavy atom. The predicted molar refractivity (Wildman–Crippen MR) is 148 cm³/mol. The van der Waals surface area contributed by atoms with Crippen LogP contribution in [-0.4, -0.2) is 15.3 Å². The van der Waals surface area contributed by atoms with Crippen LogP contribution in [0.2, 0.25) is 0 Å². The van der Waals surface area contributed by atoms with Crippen molar-refractivity contribution in [3.8, 4) is 0 Å². The summed E-state index contributed by atoms with van der Waals surface area (Å²) in [5.74, 6) is 0.906. The van der Waals surface area contributed by atoms with Gasteiger partial charge in [-0.1, -0.05) is 84.9 Å². The van der Waals surface area contributed by atoms with Crippen LogP contribution in [0, 0.1) is 0 Å². The van der Waals surface area contributed by atoms with Crippen molar-refractivity contribution in [1.82, 2.24) is 9.55 Å². The number of nitrogens with one attached hydrogen (secondary N) is 1. The Morgan fingerprint density at radius 2 is 1.50 bits per heavy atom. The average Bonchev–Trinajstić information content (AvgIpc) is 3.55. The van der Waals surface area contributed by atoms with Gasteiger partial charge < -0.3 is 9.88 Å². The van der Waals surface area contributed by atoms with Crippen LogP contribution in [0.3, 0.4) is 0 Å².